The van der Waals surface area contributed by atoms with Gasteiger partial charge in [-0.25, -0.2) is 4.57 Å². The van der Waals surface area contributed by atoms with E-state index in [4.69, 9.17) is 28.0 Å². The van der Waals surface area contributed by atoms with Gasteiger partial charge in [0.25, 0.3) is 0 Å². The van der Waals surface area contributed by atoms with Crippen molar-refractivity contribution in [2.75, 3.05) is 5.75 Å². The first-order valence-electron chi connectivity index (χ1n) is 6.33. The Morgan fingerprint density at radius 3 is 2.60 bits per heavy atom. The molecular weight excluding hydrogens is 333 g/mol. The molecule has 0 radical (unpaired) electrons. The maximum atomic E-state index is 12.8. The van der Waals surface area contributed by atoms with Crippen LogP contribution >= 0.6 is 42.1 Å². The molecule has 0 saturated carbocycles. The molecule has 1 unspecified atom stereocenters. The fourth-order valence-electron chi connectivity index (χ4n) is 1.95. The van der Waals surface area contributed by atoms with E-state index in [9.17, 15) is 4.57 Å². The standard InChI is InChI=1S/C13H17ClNO2PS2/c1-9(2)12-8-20-13(19)15(12)18(14,16)17-11-6-4-10(3)5-7-11/h4-7,9,12H,8H2,1-3H3/t12-,18?/m1/s1. The molecule has 1 saturated heterocycles. The van der Waals surface area contributed by atoms with Gasteiger partial charge in [0.2, 0.25) is 0 Å². The minimum atomic E-state index is -3.50. The zero-order valence-corrected chi connectivity index (χ0v) is 14.9. The highest BCUT2D eigenvalue weighted by Gasteiger charge is 2.44. The van der Waals surface area contributed by atoms with Crippen molar-refractivity contribution in [3.63, 3.8) is 0 Å². The number of thiocarbonyl (C=S) groups is 1. The predicted octanol–water partition coefficient (Wildman–Crippen LogP) is 5.08. The number of benzene rings is 1. The van der Waals surface area contributed by atoms with Crippen LogP contribution in [-0.2, 0) is 4.57 Å². The van der Waals surface area contributed by atoms with Crippen LogP contribution in [0.4, 0.5) is 0 Å². The zero-order chi connectivity index (χ0) is 14.9. The molecule has 1 aromatic carbocycles. The Morgan fingerprint density at radius 2 is 2.05 bits per heavy atom. The average Bonchev–Trinajstić information content (AvgIpc) is 2.75. The summed E-state index contributed by atoms with van der Waals surface area (Å²) in [4.78, 5) is 0. The average molecular weight is 350 g/mol. The lowest BCUT2D eigenvalue weighted by Crippen LogP contribution is -2.34. The molecule has 1 aliphatic rings. The second-order valence-corrected chi connectivity index (χ2v) is 9.54. The van der Waals surface area contributed by atoms with Crippen molar-refractivity contribution in [1.82, 2.24) is 4.67 Å². The van der Waals surface area contributed by atoms with Crippen LogP contribution in [0.25, 0.3) is 0 Å². The van der Waals surface area contributed by atoms with Crippen molar-refractivity contribution in [1.29, 1.82) is 0 Å². The fraction of sp³-hybridized carbons (Fsp3) is 0.462. The number of nitrogens with zero attached hydrogens (tertiary/aromatic N) is 1. The Kier molecular flexibility index (Phi) is 5.06. The number of hydrogen-bond donors (Lipinski definition) is 0. The van der Waals surface area contributed by atoms with E-state index in [1.54, 1.807) is 16.8 Å². The SMILES string of the molecule is Cc1ccc(OP(=O)(Cl)N2C(=S)SC[C@@H]2C(C)C)cc1. The summed E-state index contributed by atoms with van der Waals surface area (Å²) in [5.74, 6) is 1.59. The first-order valence-corrected chi connectivity index (χ1v) is 10.2. The third kappa shape index (κ3) is 3.51. The quantitative estimate of drug-likeness (QED) is 0.558. The molecule has 2 atom stereocenters. The van der Waals surface area contributed by atoms with E-state index in [0.29, 0.717) is 16.0 Å². The van der Waals surface area contributed by atoms with E-state index >= 15 is 0 Å². The van der Waals surface area contributed by atoms with Crippen molar-refractivity contribution in [3.05, 3.63) is 29.8 Å². The molecule has 3 nitrogen and oxygen atoms in total. The molecule has 1 aliphatic heterocycles. The normalized spacial score (nSPS) is 22.1. The minimum Gasteiger partial charge on any atom is -0.418 e. The molecular formula is C13H17ClNO2PS2. The van der Waals surface area contributed by atoms with Crippen LogP contribution in [0.5, 0.6) is 5.75 Å². The van der Waals surface area contributed by atoms with Gasteiger partial charge in [0.15, 0.2) is 0 Å². The smallest absolute Gasteiger partial charge is 0.418 e. The lowest BCUT2D eigenvalue weighted by atomic mass is 10.1. The third-order valence-corrected chi connectivity index (χ3v) is 7.06. The minimum absolute atomic E-state index is 0.0429. The number of halogens is 1. The van der Waals surface area contributed by atoms with Gasteiger partial charge in [-0.2, -0.15) is 0 Å². The van der Waals surface area contributed by atoms with Crippen LogP contribution in [0, 0.1) is 12.8 Å². The molecule has 2 rings (SSSR count). The van der Waals surface area contributed by atoms with E-state index in [-0.39, 0.29) is 6.04 Å². The van der Waals surface area contributed by atoms with Gasteiger partial charge in [-0.15, -0.1) is 0 Å². The van der Waals surface area contributed by atoms with Crippen molar-refractivity contribution >= 4 is 46.4 Å². The third-order valence-electron chi connectivity index (χ3n) is 3.14. The molecule has 0 N–H and O–H groups in total. The summed E-state index contributed by atoms with van der Waals surface area (Å²) in [5.41, 5.74) is 1.11. The fourth-order valence-corrected chi connectivity index (χ4v) is 6.77. The first kappa shape index (κ1) is 16.2. The Hall–Kier alpha value is -0.220. The van der Waals surface area contributed by atoms with E-state index < -0.39 is 6.87 Å². The number of thioether (sulfide) groups is 1. The highest BCUT2D eigenvalue weighted by Crippen LogP contribution is 2.60. The van der Waals surface area contributed by atoms with Gasteiger partial charge in [-0.1, -0.05) is 55.5 Å². The molecule has 1 aromatic rings. The van der Waals surface area contributed by atoms with Crippen molar-refractivity contribution in [2.45, 2.75) is 26.8 Å². The van der Waals surface area contributed by atoms with Crippen LogP contribution in [0.1, 0.15) is 19.4 Å². The molecule has 110 valence electrons. The molecule has 0 spiro atoms. The predicted molar refractivity (Wildman–Crippen MR) is 90.8 cm³/mol. The van der Waals surface area contributed by atoms with Crippen LogP contribution in [0.3, 0.4) is 0 Å². The Balaban J connectivity index is 2.22. The number of rotatable bonds is 4. The van der Waals surface area contributed by atoms with Crippen molar-refractivity contribution in [2.24, 2.45) is 5.92 Å². The molecule has 1 fully saturated rings. The van der Waals surface area contributed by atoms with E-state index in [1.165, 1.54) is 11.8 Å². The Labute approximate surface area is 134 Å². The summed E-state index contributed by atoms with van der Waals surface area (Å²) in [7, 11) is 0. The van der Waals surface area contributed by atoms with Gasteiger partial charge < -0.3 is 4.52 Å². The summed E-state index contributed by atoms with van der Waals surface area (Å²) in [6.45, 7) is 2.61. The van der Waals surface area contributed by atoms with Crippen molar-refractivity contribution in [3.8, 4) is 5.75 Å². The van der Waals surface area contributed by atoms with Gasteiger partial charge >= 0.3 is 6.87 Å². The Morgan fingerprint density at radius 1 is 1.45 bits per heavy atom. The first-order chi connectivity index (χ1) is 9.31. The van der Waals surface area contributed by atoms with Gasteiger partial charge in [0, 0.05) is 17.0 Å². The molecule has 7 heteroatoms. The molecule has 20 heavy (non-hydrogen) atoms. The summed E-state index contributed by atoms with van der Waals surface area (Å²) in [6, 6.07) is 7.36. The maximum absolute atomic E-state index is 12.8. The van der Waals surface area contributed by atoms with Gasteiger partial charge in [-0.3, -0.25) is 4.67 Å². The molecule has 1 heterocycles. The van der Waals surface area contributed by atoms with E-state index in [1.807, 2.05) is 19.1 Å². The monoisotopic (exact) mass is 349 g/mol. The van der Waals surface area contributed by atoms with Crippen LogP contribution < -0.4 is 4.52 Å². The van der Waals surface area contributed by atoms with Gasteiger partial charge in [-0.05, 0) is 25.0 Å². The lowest BCUT2D eigenvalue weighted by Gasteiger charge is -2.31. The van der Waals surface area contributed by atoms with Crippen LogP contribution in [0.2, 0.25) is 0 Å². The van der Waals surface area contributed by atoms with E-state index in [0.717, 1.165) is 11.3 Å². The zero-order valence-electron chi connectivity index (χ0n) is 11.6. The molecule has 0 amide bonds. The molecule has 0 bridgehead atoms. The topological polar surface area (TPSA) is 29.5 Å². The highest BCUT2D eigenvalue weighted by atomic mass is 35.7. The van der Waals surface area contributed by atoms with E-state index in [2.05, 4.69) is 13.8 Å². The largest absolute Gasteiger partial charge is 0.439 e. The summed E-state index contributed by atoms with van der Waals surface area (Å²) in [6.07, 6.45) is 0. The van der Waals surface area contributed by atoms with Crippen LogP contribution in [0.15, 0.2) is 24.3 Å². The van der Waals surface area contributed by atoms with Crippen LogP contribution in [-0.4, -0.2) is 20.8 Å². The number of hydrogen-bond acceptors (Lipinski definition) is 4. The van der Waals surface area contributed by atoms with Crippen molar-refractivity contribution < 1.29 is 9.09 Å². The number of aryl methyl sites for hydroxylation is 1. The molecule has 0 aliphatic carbocycles. The maximum Gasteiger partial charge on any atom is 0.439 e. The molecule has 0 aromatic heterocycles. The summed E-state index contributed by atoms with van der Waals surface area (Å²) >= 11 is 13.0. The van der Waals surface area contributed by atoms with Gasteiger partial charge in [0.05, 0.1) is 6.04 Å². The summed E-state index contributed by atoms with van der Waals surface area (Å²) < 4.78 is 20.4. The Bertz CT molecular complexity index is 550. The van der Waals surface area contributed by atoms with Gasteiger partial charge in [0.1, 0.15) is 10.1 Å². The highest BCUT2D eigenvalue weighted by molar-refractivity contribution is 8.24. The second kappa shape index (κ2) is 6.27. The lowest BCUT2D eigenvalue weighted by molar-refractivity contribution is 0.354. The second-order valence-electron chi connectivity index (χ2n) is 5.09. The summed E-state index contributed by atoms with van der Waals surface area (Å²) in [5, 5.41) is 0.